The third-order valence-electron chi connectivity index (χ3n) is 10.2. The standard InChI is InChI=1S/C27H36O9/c1-13(2)24-11-15(4)26-17-10-14(3)19(29)25(17,33)22(31)23(32,12-28)20(30)18(26)21(24)34-27(35-24,36-26)16-8-6-5-7-9-16/h5-9,14-15,17-22,28-33H,1,10-12H2,2-4H3/t14-,15+,17+,18-,19-,20-,21+,22+,23+,24+,25+,26-,27+/m0/s1. The van der Waals surface area contributed by atoms with Crippen molar-refractivity contribution in [2.45, 2.75) is 86.4 Å². The van der Waals surface area contributed by atoms with Crippen molar-refractivity contribution >= 4 is 0 Å². The van der Waals surface area contributed by atoms with E-state index < -0.39 is 77.2 Å². The summed E-state index contributed by atoms with van der Waals surface area (Å²) in [5, 5.41) is 68.5. The van der Waals surface area contributed by atoms with E-state index in [-0.39, 0.29) is 12.3 Å². The molecule has 1 aromatic rings. The molecule has 6 N–H and O–H groups in total. The molecule has 0 unspecified atom stereocenters. The summed E-state index contributed by atoms with van der Waals surface area (Å²) in [4.78, 5) is 0. The lowest BCUT2D eigenvalue weighted by Gasteiger charge is -2.61. The molecule has 2 saturated heterocycles. The van der Waals surface area contributed by atoms with Crippen molar-refractivity contribution in [1.82, 2.24) is 0 Å². The Morgan fingerprint density at radius 2 is 1.72 bits per heavy atom. The molecule has 2 aliphatic heterocycles. The van der Waals surface area contributed by atoms with Gasteiger partial charge in [0.15, 0.2) is 0 Å². The average Bonchev–Trinajstić information content (AvgIpc) is 3.22. The van der Waals surface area contributed by atoms with Crippen LogP contribution in [0.3, 0.4) is 0 Å². The lowest BCUT2D eigenvalue weighted by Crippen LogP contribution is -2.73. The Morgan fingerprint density at radius 1 is 1.06 bits per heavy atom. The molecule has 0 radical (unpaired) electrons. The van der Waals surface area contributed by atoms with Crippen molar-refractivity contribution in [2.75, 3.05) is 6.61 Å². The van der Waals surface area contributed by atoms with Gasteiger partial charge in [-0.1, -0.05) is 50.8 Å². The summed E-state index contributed by atoms with van der Waals surface area (Å²) in [5.41, 5.74) is -6.11. The molecule has 0 amide bonds. The zero-order chi connectivity index (χ0) is 26.1. The van der Waals surface area contributed by atoms with E-state index in [1.54, 1.807) is 19.1 Å². The quantitative estimate of drug-likeness (QED) is 0.317. The van der Waals surface area contributed by atoms with Crippen LogP contribution in [-0.2, 0) is 20.2 Å². The highest BCUT2D eigenvalue weighted by Crippen LogP contribution is 2.71. The third kappa shape index (κ3) is 2.52. The highest BCUT2D eigenvalue weighted by Gasteiger charge is 2.84. The average molecular weight is 505 g/mol. The van der Waals surface area contributed by atoms with E-state index in [4.69, 9.17) is 14.2 Å². The molecular formula is C27H36O9. The molecule has 5 fully saturated rings. The first-order valence-corrected chi connectivity index (χ1v) is 12.7. The Hall–Kier alpha value is -1.40. The van der Waals surface area contributed by atoms with E-state index in [9.17, 15) is 30.6 Å². The molecule has 2 heterocycles. The number of hydrogen-bond donors (Lipinski definition) is 6. The van der Waals surface area contributed by atoms with Crippen LogP contribution in [-0.4, -0.2) is 84.1 Å². The maximum atomic E-state index is 12.1. The van der Waals surface area contributed by atoms with Gasteiger partial charge in [-0.2, -0.15) is 0 Å². The van der Waals surface area contributed by atoms with Crippen LogP contribution in [0.5, 0.6) is 0 Å². The fraction of sp³-hybridized carbons (Fsp3) is 0.704. The number of ether oxygens (including phenoxy) is 3. The van der Waals surface area contributed by atoms with Gasteiger partial charge < -0.3 is 44.8 Å². The Kier molecular flexibility index (Phi) is 5.10. The van der Waals surface area contributed by atoms with Gasteiger partial charge in [0.1, 0.15) is 29.0 Å². The predicted octanol–water partition coefficient (Wildman–Crippen LogP) is 0.159. The summed E-state index contributed by atoms with van der Waals surface area (Å²) in [6, 6.07) is 9.11. The molecule has 36 heavy (non-hydrogen) atoms. The topological polar surface area (TPSA) is 149 Å². The molecule has 6 rings (SSSR count). The summed E-state index contributed by atoms with van der Waals surface area (Å²) in [5.74, 6) is -4.49. The minimum Gasteiger partial charge on any atom is -0.393 e. The lowest BCUT2D eigenvalue weighted by atomic mass is 9.53. The Morgan fingerprint density at radius 3 is 2.33 bits per heavy atom. The van der Waals surface area contributed by atoms with Gasteiger partial charge in [-0.25, -0.2) is 0 Å². The molecule has 3 saturated carbocycles. The summed E-state index contributed by atoms with van der Waals surface area (Å²) >= 11 is 0. The third-order valence-corrected chi connectivity index (χ3v) is 10.2. The van der Waals surface area contributed by atoms with Gasteiger partial charge in [0.05, 0.1) is 24.4 Å². The van der Waals surface area contributed by atoms with E-state index in [0.717, 1.165) is 0 Å². The van der Waals surface area contributed by atoms with Crippen LogP contribution in [0.25, 0.3) is 0 Å². The lowest BCUT2D eigenvalue weighted by molar-refractivity contribution is -0.446. The van der Waals surface area contributed by atoms with Crippen LogP contribution in [0.2, 0.25) is 0 Å². The minimum absolute atomic E-state index is 0.251. The predicted molar refractivity (Wildman–Crippen MR) is 125 cm³/mol. The highest BCUT2D eigenvalue weighted by atomic mass is 16.9. The van der Waals surface area contributed by atoms with Gasteiger partial charge >= 0.3 is 5.97 Å². The Balaban J connectivity index is 1.67. The van der Waals surface area contributed by atoms with Gasteiger partial charge in [0.25, 0.3) is 0 Å². The number of aliphatic hydroxyl groups is 6. The molecule has 3 bridgehead atoms. The molecule has 0 aromatic heterocycles. The van der Waals surface area contributed by atoms with Crippen molar-refractivity contribution < 1.29 is 44.8 Å². The van der Waals surface area contributed by atoms with Gasteiger partial charge in [-0.3, -0.25) is 0 Å². The first kappa shape index (κ1) is 24.9. The SMILES string of the molecule is C=C(C)[C@]12C[C@@H](C)[C@@]34O[C@](c5ccccc5)(O[C@@H]1[C@@H]3[C@H](O)[C@](O)(CO)[C@@H](O)[C@@]1(O)[C@H]4C[C@H](C)[C@@H]1O)O2. The summed E-state index contributed by atoms with van der Waals surface area (Å²) in [6.07, 6.45) is -5.52. The normalized spacial score (nSPS) is 57.2. The van der Waals surface area contributed by atoms with Crippen LogP contribution in [0, 0.1) is 23.7 Å². The molecule has 1 aromatic carbocycles. The zero-order valence-electron chi connectivity index (χ0n) is 20.7. The van der Waals surface area contributed by atoms with E-state index in [1.807, 2.05) is 32.0 Å². The first-order chi connectivity index (χ1) is 16.8. The van der Waals surface area contributed by atoms with Crippen LogP contribution < -0.4 is 0 Å². The van der Waals surface area contributed by atoms with Crippen molar-refractivity contribution in [3.63, 3.8) is 0 Å². The molecule has 0 spiro atoms. The van der Waals surface area contributed by atoms with Crippen LogP contribution in [0.4, 0.5) is 0 Å². The van der Waals surface area contributed by atoms with E-state index in [2.05, 4.69) is 6.58 Å². The van der Waals surface area contributed by atoms with E-state index >= 15 is 0 Å². The fourth-order valence-electron chi connectivity index (χ4n) is 8.43. The highest BCUT2D eigenvalue weighted by molar-refractivity contribution is 5.36. The number of fused-ring (bicyclic) bond motifs is 2. The summed E-state index contributed by atoms with van der Waals surface area (Å²) in [7, 11) is 0. The van der Waals surface area contributed by atoms with Gasteiger partial charge in [-0.15, -0.1) is 0 Å². The Labute approximate surface area is 209 Å². The zero-order valence-corrected chi connectivity index (χ0v) is 20.7. The first-order valence-electron chi connectivity index (χ1n) is 12.7. The molecule has 9 heteroatoms. The molecule has 13 atom stereocenters. The second-order valence-corrected chi connectivity index (χ2v) is 11.9. The summed E-state index contributed by atoms with van der Waals surface area (Å²) < 4.78 is 20.1. The molecule has 5 aliphatic rings. The number of aliphatic hydroxyl groups excluding tert-OH is 4. The number of rotatable bonds is 3. The van der Waals surface area contributed by atoms with Crippen molar-refractivity contribution in [1.29, 1.82) is 0 Å². The maximum absolute atomic E-state index is 12.1. The number of benzene rings is 1. The fourth-order valence-corrected chi connectivity index (χ4v) is 8.43. The van der Waals surface area contributed by atoms with Gasteiger partial charge in [0.2, 0.25) is 0 Å². The second-order valence-electron chi connectivity index (χ2n) is 11.9. The van der Waals surface area contributed by atoms with Crippen LogP contribution >= 0.6 is 0 Å². The van der Waals surface area contributed by atoms with Gasteiger partial charge in [0, 0.05) is 17.4 Å². The molecular weight excluding hydrogens is 468 g/mol. The monoisotopic (exact) mass is 504 g/mol. The second kappa shape index (κ2) is 7.37. The van der Waals surface area contributed by atoms with Crippen molar-refractivity contribution in [3.8, 4) is 0 Å². The van der Waals surface area contributed by atoms with Crippen molar-refractivity contribution in [2.24, 2.45) is 23.7 Å². The van der Waals surface area contributed by atoms with Gasteiger partial charge in [-0.05, 0) is 37.2 Å². The van der Waals surface area contributed by atoms with E-state index in [1.165, 1.54) is 0 Å². The van der Waals surface area contributed by atoms with Crippen molar-refractivity contribution in [3.05, 3.63) is 48.0 Å². The molecule has 3 aliphatic carbocycles. The van der Waals surface area contributed by atoms with Crippen LogP contribution in [0.1, 0.15) is 39.2 Å². The smallest absolute Gasteiger partial charge is 0.313 e. The minimum atomic E-state index is -2.57. The molecule has 9 nitrogen and oxygen atoms in total. The Bertz CT molecular complexity index is 1080. The van der Waals surface area contributed by atoms with E-state index in [0.29, 0.717) is 17.6 Å². The largest absolute Gasteiger partial charge is 0.393 e. The van der Waals surface area contributed by atoms with Crippen LogP contribution in [0.15, 0.2) is 42.5 Å². The summed E-state index contributed by atoms with van der Waals surface area (Å²) in [6.45, 7) is 8.64. The number of hydrogen-bond acceptors (Lipinski definition) is 9. The maximum Gasteiger partial charge on any atom is 0.313 e. The molecule has 198 valence electrons.